The van der Waals surface area contributed by atoms with Crippen LogP contribution in [0.5, 0.6) is 5.75 Å². The second-order valence-electron chi connectivity index (χ2n) is 5.23. The molecule has 3 nitrogen and oxygen atoms in total. The van der Waals surface area contributed by atoms with Crippen molar-refractivity contribution < 1.29 is 4.74 Å². The van der Waals surface area contributed by atoms with Crippen molar-refractivity contribution in [3.05, 3.63) is 59.2 Å². The molecule has 21 heavy (non-hydrogen) atoms. The maximum Gasteiger partial charge on any atom is 0.123 e. The highest BCUT2D eigenvalue weighted by molar-refractivity contribution is 5.48. The topological polar surface area (TPSA) is 38.5 Å². The van der Waals surface area contributed by atoms with Crippen LogP contribution in [0.2, 0.25) is 0 Å². The SMILES string of the molecule is CCc1ccc(N(C)Cc2ccc(CN)c(OC)c2)cc1. The van der Waals surface area contributed by atoms with Crippen molar-refractivity contribution in [3.8, 4) is 5.75 Å². The summed E-state index contributed by atoms with van der Waals surface area (Å²) in [6.07, 6.45) is 1.07. The number of rotatable bonds is 6. The largest absolute Gasteiger partial charge is 0.496 e. The first-order valence-electron chi connectivity index (χ1n) is 7.33. The maximum absolute atomic E-state index is 5.71. The van der Waals surface area contributed by atoms with Crippen molar-refractivity contribution in [2.45, 2.75) is 26.4 Å². The van der Waals surface area contributed by atoms with Crippen molar-refractivity contribution in [1.29, 1.82) is 0 Å². The third-order valence-corrected chi connectivity index (χ3v) is 3.78. The average Bonchev–Trinajstić information content (AvgIpc) is 2.54. The molecule has 2 aromatic rings. The summed E-state index contributed by atoms with van der Waals surface area (Å²) in [5.74, 6) is 0.865. The molecule has 0 saturated carbocycles. The van der Waals surface area contributed by atoms with E-state index in [0.717, 1.165) is 24.3 Å². The lowest BCUT2D eigenvalue weighted by Gasteiger charge is -2.20. The Bertz CT molecular complexity index is 578. The van der Waals surface area contributed by atoms with Crippen molar-refractivity contribution in [2.24, 2.45) is 5.73 Å². The fraction of sp³-hybridized carbons (Fsp3) is 0.333. The summed E-state index contributed by atoms with van der Waals surface area (Å²) in [5, 5.41) is 0. The molecule has 0 amide bonds. The van der Waals surface area contributed by atoms with Crippen LogP contribution in [-0.4, -0.2) is 14.2 Å². The van der Waals surface area contributed by atoms with Crippen molar-refractivity contribution in [2.75, 3.05) is 19.1 Å². The highest BCUT2D eigenvalue weighted by Crippen LogP contribution is 2.22. The normalized spacial score (nSPS) is 10.5. The summed E-state index contributed by atoms with van der Waals surface area (Å²) in [7, 11) is 3.79. The molecular weight excluding hydrogens is 260 g/mol. The van der Waals surface area contributed by atoms with Gasteiger partial charge >= 0.3 is 0 Å². The highest BCUT2D eigenvalue weighted by Gasteiger charge is 2.06. The average molecular weight is 284 g/mol. The predicted molar refractivity (Wildman–Crippen MR) is 88.8 cm³/mol. The van der Waals surface area contributed by atoms with Gasteiger partial charge in [0.05, 0.1) is 7.11 Å². The molecule has 0 aliphatic heterocycles. The minimum Gasteiger partial charge on any atom is -0.496 e. The van der Waals surface area contributed by atoms with E-state index in [0.29, 0.717) is 6.54 Å². The van der Waals surface area contributed by atoms with Gasteiger partial charge in [0.1, 0.15) is 5.75 Å². The van der Waals surface area contributed by atoms with Gasteiger partial charge in [-0.05, 0) is 35.7 Å². The molecule has 2 N–H and O–H groups in total. The van der Waals surface area contributed by atoms with E-state index in [9.17, 15) is 0 Å². The van der Waals surface area contributed by atoms with E-state index in [1.807, 2.05) is 6.07 Å². The number of ether oxygens (including phenoxy) is 1. The summed E-state index contributed by atoms with van der Waals surface area (Å²) < 4.78 is 5.40. The molecule has 3 heteroatoms. The molecule has 0 saturated heterocycles. The third-order valence-electron chi connectivity index (χ3n) is 3.78. The lowest BCUT2D eigenvalue weighted by atomic mass is 10.1. The summed E-state index contributed by atoms with van der Waals surface area (Å²) in [6, 6.07) is 14.9. The number of benzene rings is 2. The van der Waals surface area contributed by atoms with Crippen LogP contribution in [0.3, 0.4) is 0 Å². The van der Waals surface area contributed by atoms with E-state index in [-0.39, 0.29) is 0 Å². The first-order chi connectivity index (χ1) is 10.2. The molecule has 0 fully saturated rings. The fourth-order valence-electron chi connectivity index (χ4n) is 2.41. The zero-order valence-corrected chi connectivity index (χ0v) is 13.1. The van der Waals surface area contributed by atoms with Crippen LogP contribution in [0.4, 0.5) is 5.69 Å². The summed E-state index contributed by atoms with van der Waals surface area (Å²) in [5.41, 5.74) is 10.5. The van der Waals surface area contributed by atoms with E-state index in [1.165, 1.54) is 16.8 Å². The van der Waals surface area contributed by atoms with Gasteiger partial charge in [-0.2, -0.15) is 0 Å². The van der Waals surface area contributed by atoms with Gasteiger partial charge in [-0.15, -0.1) is 0 Å². The van der Waals surface area contributed by atoms with Gasteiger partial charge in [0.2, 0.25) is 0 Å². The Kier molecular flexibility index (Phi) is 5.23. The van der Waals surface area contributed by atoms with Crippen molar-refractivity contribution >= 4 is 5.69 Å². The van der Waals surface area contributed by atoms with Crippen LogP contribution in [-0.2, 0) is 19.5 Å². The quantitative estimate of drug-likeness (QED) is 0.884. The van der Waals surface area contributed by atoms with E-state index >= 15 is 0 Å². The van der Waals surface area contributed by atoms with Gasteiger partial charge in [-0.25, -0.2) is 0 Å². The summed E-state index contributed by atoms with van der Waals surface area (Å²) in [4.78, 5) is 2.23. The molecule has 0 radical (unpaired) electrons. The molecule has 0 aliphatic rings. The smallest absolute Gasteiger partial charge is 0.123 e. The minimum atomic E-state index is 0.498. The van der Waals surface area contributed by atoms with Gasteiger partial charge in [-0.3, -0.25) is 0 Å². The molecule has 0 spiro atoms. The molecule has 0 aliphatic carbocycles. The Morgan fingerprint density at radius 1 is 1.05 bits per heavy atom. The standard InChI is InChI=1S/C18H24N2O/c1-4-14-6-9-17(10-7-14)20(2)13-15-5-8-16(12-19)18(11-15)21-3/h5-11H,4,12-13,19H2,1-3H3. The molecule has 0 aromatic heterocycles. The third kappa shape index (κ3) is 3.76. The first-order valence-corrected chi connectivity index (χ1v) is 7.33. The number of methoxy groups -OCH3 is 1. The van der Waals surface area contributed by atoms with Gasteiger partial charge in [0, 0.05) is 31.4 Å². The predicted octanol–water partition coefficient (Wildman–Crippen LogP) is 3.35. The molecular formula is C18H24N2O. The van der Waals surface area contributed by atoms with Crippen LogP contribution in [0.15, 0.2) is 42.5 Å². The Morgan fingerprint density at radius 3 is 2.29 bits per heavy atom. The molecule has 2 aromatic carbocycles. The molecule has 112 valence electrons. The zero-order valence-electron chi connectivity index (χ0n) is 13.1. The number of anilines is 1. The van der Waals surface area contributed by atoms with Crippen LogP contribution in [0.1, 0.15) is 23.6 Å². The van der Waals surface area contributed by atoms with E-state index in [2.05, 4.69) is 55.3 Å². The highest BCUT2D eigenvalue weighted by atomic mass is 16.5. The lowest BCUT2D eigenvalue weighted by Crippen LogP contribution is -2.16. The molecule has 0 atom stereocenters. The first kappa shape index (κ1) is 15.4. The van der Waals surface area contributed by atoms with Crippen LogP contribution < -0.4 is 15.4 Å². The molecule has 0 unspecified atom stereocenters. The van der Waals surface area contributed by atoms with Crippen LogP contribution in [0.25, 0.3) is 0 Å². The summed E-state index contributed by atoms with van der Waals surface area (Å²) >= 11 is 0. The Hall–Kier alpha value is -2.00. The van der Waals surface area contributed by atoms with Crippen LogP contribution in [0, 0.1) is 0 Å². The second kappa shape index (κ2) is 7.14. The molecule has 0 bridgehead atoms. The van der Waals surface area contributed by atoms with E-state index < -0.39 is 0 Å². The van der Waals surface area contributed by atoms with Gasteiger partial charge in [0.15, 0.2) is 0 Å². The maximum atomic E-state index is 5.71. The Labute approximate surface area is 127 Å². The fourth-order valence-corrected chi connectivity index (χ4v) is 2.41. The number of aryl methyl sites for hydroxylation is 1. The molecule has 0 heterocycles. The second-order valence-corrected chi connectivity index (χ2v) is 5.23. The Balaban J connectivity index is 2.12. The van der Waals surface area contributed by atoms with Gasteiger partial charge < -0.3 is 15.4 Å². The number of hydrogen-bond acceptors (Lipinski definition) is 3. The van der Waals surface area contributed by atoms with Gasteiger partial charge in [0.25, 0.3) is 0 Å². The zero-order chi connectivity index (χ0) is 15.2. The van der Waals surface area contributed by atoms with Gasteiger partial charge in [-0.1, -0.05) is 31.2 Å². The number of hydrogen-bond donors (Lipinski definition) is 1. The van der Waals surface area contributed by atoms with E-state index in [1.54, 1.807) is 7.11 Å². The van der Waals surface area contributed by atoms with Crippen LogP contribution >= 0.6 is 0 Å². The minimum absolute atomic E-state index is 0.498. The monoisotopic (exact) mass is 284 g/mol. The molecule has 2 rings (SSSR count). The lowest BCUT2D eigenvalue weighted by molar-refractivity contribution is 0.409. The summed E-state index contributed by atoms with van der Waals surface area (Å²) in [6.45, 7) is 3.51. The van der Waals surface area contributed by atoms with Crippen molar-refractivity contribution in [3.63, 3.8) is 0 Å². The van der Waals surface area contributed by atoms with E-state index in [4.69, 9.17) is 10.5 Å². The van der Waals surface area contributed by atoms with Crippen molar-refractivity contribution in [1.82, 2.24) is 0 Å². The Morgan fingerprint density at radius 2 is 1.71 bits per heavy atom. The number of nitrogens with zero attached hydrogens (tertiary/aromatic N) is 1. The number of nitrogens with two attached hydrogens (primary N) is 1.